The van der Waals surface area contributed by atoms with Gasteiger partial charge in [-0.3, -0.25) is 15.5 Å². The fourth-order valence-electron chi connectivity index (χ4n) is 3.76. The fourth-order valence-corrected chi connectivity index (χ4v) is 4.71. The van der Waals surface area contributed by atoms with Crippen LogP contribution in [0.4, 0.5) is 15.2 Å². The molecule has 194 valence electrons. The molecule has 0 saturated heterocycles. The molecule has 0 aliphatic carbocycles. The van der Waals surface area contributed by atoms with Gasteiger partial charge in [0.25, 0.3) is 5.69 Å². The van der Waals surface area contributed by atoms with E-state index in [1.54, 1.807) is 30.5 Å². The normalized spacial score (nSPS) is 11.0. The molecule has 0 amide bonds. The highest BCUT2D eigenvalue weighted by molar-refractivity contribution is 7.19. The highest BCUT2D eigenvalue weighted by atomic mass is 32.1. The molecule has 0 aliphatic heterocycles. The highest BCUT2D eigenvalue weighted by Gasteiger charge is 2.16. The van der Waals surface area contributed by atoms with E-state index in [-0.39, 0.29) is 11.5 Å². The predicted octanol–water partition coefficient (Wildman–Crippen LogP) is 7.86. The second-order valence-electron chi connectivity index (χ2n) is 8.72. The first-order chi connectivity index (χ1) is 18.9. The van der Waals surface area contributed by atoms with Gasteiger partial charge in [0.15, 0.2) is 0 Å². The molecule has 9 heteroatoms. The van der Waals surface area contributed by atoms with Crippen molar-refractivity contribution in [2.24, 2.45) is 5.10 Å². The summed E-state index contributed by atoms with van der Waals surface area (Å²) in [6.45, 7) is 2.37. The quantitative estimate of drug-likeness (QED) is 0.117. The maximum absolute atomic E-state index is 13.0. The molecule has 7 nitrogen and oxygen atoms in total. The number of hydrogen-bond donors (Lipinski definition) is 1. The molecule has 4 aromatic carbocycles. The summed E-state index contributed by atoms with van der Waals surface area (Å²) in [7, 11) is 0. The molecule has 1 heterocycles. The molecule has 1 N–H and O–H groups in total. The lowest BCUT2D eigenvalue weighted by molar-refractivity contribution is -0.384. The molecule has 0 spiro atoms. The van der Waals surface area contributed by atoms with Gasteiger partial charge in [0.1, 0.15) is 18.2 Å². The van der Waals surface area contributed by atoms with Crippen molar-refractivity contribution in [1.29, 1.82) is 0 Å². The molecule has 0 atom stereocenters. The van der Waals surface area contributed by atoms with Gasteiger partial charge >= 0.3 is 0 Å². The molecule has 0 bridgehead atoms. The van der Waals surface area contributed by atoms with Gasteiger partial charge in [-0.1, -0.05) is 53.3 Å². The largest absolute Gasteiger partial charge is 0.489 e. The second kappa shape index (κ2) is 11.7. The molecular formula is C30H23FN4O3S. The third-order valence-electron chi connectivity index (χ3n) is 5.87. The summed E-state index contributed by atoms with van der Waals surface area (Å²) in [6, 6.07) is 28.2. The number of nitrogens with one attached hydrogen (secondary N) is 1. The molecule has 0 aliphatic rings. The minimum Gasteiger partial charge on any atom is -0.489 e. The fraction of sp³-hybridized carbons (Fsp3) is 0.0667. The van der Waals surface area contributed by atoms with Crippen molar-refractivity contribution >= 4 is 28.4 Å². The van der Waals surface area contributed by atoms with E-state index in [9.17, 15) is 14.5 Å². The molecule has 0 radical (unpaired) electrons. The zero-order valence-corrected chi connectivity index (χ0v) is 21.7. The Morgan fingerprint density at radius 1 is 0.949 bits per heavy atom. The zero-order valence-electron chi connectivity index (χ0n) is 20.9. The summed E-state index contributed by atoms with van der Waals surface area (Å²) < 4.78 is 18.8. The van der Waals surface area contributed by atoms with Gasteiger partial charge in [0, 0.05) is 17.7 Å². The molecule has 0 unspecified atom stereocenters. The average Bonchev–Trinajstić information content (AvgIpc) is 3.38. The van der Waals surface area contributed by atoms with Gasteiger partial charge in [0.2, 0.25) is 5.13 Å². The number of ether oxygens (including phenoxy) is 1. The third-order valence-corrected chi connectivity index (χ3v) is 6.87. The Balaban J connectivity index is 1.30. The van der Waals surface area contributed by atoms with Gasteiger partial charge in [-0.2, -0.15) is 5.10 Å². The highest BCUT2D eigenvalue weighted by Crippen LogP contribution is 2.39. The number of nitrogens with zero attached hydrogens (tertiary/aromatic N) is 3. The third kappa shape index (κ3) is 6.52. The van der Waals surface area contributed by atoms with E-state index in [4.69, 9.17) is 9.72 Å². The molecular weight excluding hydrogens is 515 g/mol. The van der Waals surface area contributed by atoms with E-state index >= 15 is 0 Å². The summed E-state index contributed by atoms with van der Waals surface area (Å²) in [5, 5.41) is 16.0. The Hall–Kier alpha value is -4.89. The molecule has 0 saturated carbocycles. The summed E-state index contributed by atoms with van der Waals surface area (Å²) in [4.78, 5) is 16.3. The lowest BCUT2D eigenvalue weighted by Gasteiger charge is -2.06. The minimum atomic E-state index is -0.413. The predicted molar refractivity (Wildman–Crippen MR) is 153 cm³/mol. The van der Waals surface area contributed by atoms with Crippen molar-refractivity contribution in [2.75, 3.05) is 5.43 Å². The lowest BCUT2D eigenvalue weighted by atomic mass is 10.1. The van der Waals surface area contributed by atoms with Crippen LogP contribution in [0.15, 0.2) is 102 Å². The molecule has 0 fully saturated rings. The van der Waals surface area contributed by atoms with E-state index in [0.717, 1.165) is 38.4 Å². The Morgan fingerprint density at radius 3 is 2.28 bits per heavy atom. The number of nitro groups is 1. The van der Waals surface area contributed by atoms with Crippen LogP contribution >= 0.6 is 11.3 Å². The van der Waals surface area contributed by atoms with Crippen LogP contribution in [0.1, 0.15) is 16.7 Å². The number of anilines is 1. The van der Waals surface area contributed by atoms with Gasteiger partial charge in [-0.25, -0.2) is 9.37 Å². The van der Waals surface area contributed by atoms with Crippen LogP contribution in [0.2, 0.25) is 0 Å². The lowest BCUT2D eigenvalue weighted by Crippen LogP contribution is -1.96. The minimum absolute atomic E-state index is 0.0370. The van der Waals surface area contributed by atoms with Crippen molar-refractivity contribution in [3.63, 3.8) is 0 Å². The van der Waals surface area contributed by atoms with Crippen LogP contribution in [0.5, 0.6) is 5.75 Å². The maximum atomic E-state index is 13.0. The Labute approximate surface area is 228 Å². The Kier molecular flexibility index (Phi) is 7.70. The molecule has 1 aromatic heterocycles. The number of benzene rings is 4. The van der Waals surface area contributed by atoms with Crippen molar-refractivity contribution in [3.05, 3.63) is 130 Å². The Bertz CT molecular complexity index is 1600. The SMILES string of the molecule is Cc1ccc(-c2nc(N/N=C\c3ccc(OCc4ccc(F)cc4)cc3)sc2-c2ccc([N+](=O)[O-])cc2)cc1. The zero-order chi connectivity index (χ0) is 27.2. The topological polar surface area (TPSA) is 89.7 Å². The standard InChI is InChI=1S/C30H23FN4O3S/c1-20-2-8-23(9-3-20)28-29(24-10-14-26(15-11-24)35(36)37)39-30(33-28)34-32-18-21-6-16-27(17-7-21)38-19-22-4-12-25(31)13-5-22/h2-18H,19H2,1H3,(H,33,34)/b32-18-. The summed E-state index contributed by atoms with van der Waals surface area (Å²) in [5.41, 5.74) is 8.48. The van der Waals surface area contributed by atoms with Crippen molar-refractivity contribution in [3.8, 4) is 27.4 Å². The van der Waals surface area contributed by atoms with E-state index in [0.29, 0.717) is 17.5 Å². The van der Waals surface area contributed by atoms with E-state index in [1.807, 2.05) is 55.5 Å². The number of aryl methyl sites for hydroxylation is 1. The van der Waals surface area contributed by atoms with E-state index < -0.39 is 4.92 Å². The molecule has 5 rings (SSSR count). The van der Waals surface area contributed by atoms with Gasteiger partial charge < -0.3 is 4.74 Å². The number of non-ortho nitro benzene ring substituents is 1. The summed E-state index contributed by atoms with van der Waals surface area (Å²) in [6.07, 6.45) is 1.68. The molecule has 39 heavy (non-hydrogen) atoms. The van der Waals surface area contributed by atoms with Crippen LogP contribution in [0, 0.1) is 22.9 Å². The number of halogens is 1. The van der Waals surface area contributed by atoms with Gasteiger partial charge in [0.05, 0.1) is 21.7 Å². The van der Waals surface area contributed by atoms with Gasteiger partial charge in [-0.15, -0.1) is 0 Å². The van der Waals surface area contributed by atoms with Crippen LogP contribution in [0.3, 0.4) is 0 Å². The Morgan fingerprint density at radius 2 is 1.62 bits per heavy atom. The first-order valence-electron chi connectivity index (χ1n) is 12.0. The first-order valence-corrected chi connectivity index (χ1v) is 12.9. The number of rotatable bonds is 9. The average molecular weight is 539 g/mol. The number of nitro benzene ring substituents is 1. The van der Waals surface area contributed by atoms with E-state index in [2.05, 4.69) is 10.5 Å². The molecule has 5 aromatic rings. The smallest absolute Gasteiger partial charge is 0.269 e. The van der Waals surface area contributed by atoms with Crippen LogP contribution in [-0.4, -0.2) is 16.1 Å². The maximum Gasteiger partial charge on any atom is 0.269 e. The van der Waals surface area contributed by atoms with E-state index in [1.165, 1.54) is 35.6 Å². The number of thiazole rings is 1. The van der Waals surface area contributed by atoms with Crippen LogP contribution < -0.4 is 10.2 Å². The number of hydrazone groups is 1. The second-order valence-corrected chi connectivity index (χ2v) is 9.72. The summed E-state index contributed by atoms with van der Waals surface area (Å²) in [5.74, 6) is 0.419. The van der Waals surface area contributed by atoms with Crippen molar-refractivity contribution in [2.45, 2.75) is 13.5 Å². The van der Waals surface area contributed by atoms with Crippen LogP contribution in [-0.2, 0) is 6.61 Å². The monoisotopic (exact) mass is 538 g/mol. The number of aromatic nitrogens is 1. The summed E-state index contributed by atoms with van der Waals surface area (Å²) >= 11 is 1.42. The van der Waals surface area contributed by atoms with Gasteiger partial charge in [-0.05, 0) is 72.1 Å². The van der Waals surface area contributed by atoms with Crippen molar-refractivity contribution < 1.29 is 14.1 Å². The first kappa shape index (κ1) is 25.7. The van der Waals surface area contributed by atoms with Crippen LogP contribution in [0.25, 0.3) is 21.7 Å². The van der Waals surface area contributed by atoms with Crippen molar-refractivity contribution in [1.82, 2.24) is 4.98 Å². The number of hydrogen-bond acceptors (Lipinski definition) is 7.